The first-order valence-corrected chi connectivity index (χ1v) is 8.19. The maximum atomic E-state index is 12.5. The number of thioether (sulfide) groups is 1. The Labute approximate surface area is 123 Å². The van der Waals surface area contributed by atoms with Crippen molar-refractivity contribution in [1.82, 2.24) is 5.32 Å². The number of benzene rings is 1. The van der Waals surface area contributed by atoms with E-state index in [4.69, 9.17) is 11.6 Å². The Morgan fingerprint density at radius 1 is 1.47 bits per heavy atom. The minimum Gasteiger partial charge on any atom is -0.347 e. The quantitative estimate of drug-likeness (QED) is 0.848. The van der Waals surface area contributed by atoms with Crippen molar-refractivity contribution >= 4 is 29.3 Å². The van der Waals surface area contributed by atoms with Crippen LogP contribution in [0.25, 0.3) is 0 Å². The van der Waals surface area contributed by atoms with Crippen molar-refractivity contribution in [3.63, 3.8) is 0 Å². The van der Waals surface area contributed by atoms with Crippen LogP contribution in [0.3, 0.4) is 0 Å². The lowest BCUT2D eigenvalue weighted by Gasteiger charge is -2.26. The number of carbonyl (C=O) groups excluding carboxylic acids is 1. The molecule has 3 rings (SSSR count). The zero-order valence-electron chi connectivity index (χ0n) is 11.0. The van der Waals surface area contributed by atoms with E-state index in [2.05, 4.69) is 17.4 Å². The van der Waals surface area contributed by atoms with E-state index in [9.17, 15) is 4.79 Å². The van der Waals surface area contributed by atoms with Crippen LogP contribution in [0.1, 0.15) is 36.9 Å². The minimum atomic E-state index is -0.270. The molecule has 2 nitrogen and oxygen atoms in total. The third-order valence-electron chi connectivity index (χ3n) is 4.15. The molecule has 0 aromatic heterocycles. The molecule has 1 amide bonds. The molecule has 0 bridgehead atoms. The van der Waals surface area contributed by atoms with Crippen LogP contribution in [0.15, 0.2) is 24.3 Å². The van der Waals surface area contributed by atoms with Crippen molar-refractivity contribution in [1.29, 1.82) is 0 Å². The lowest BCUT2D eigenvalue weighted by atomic mass is 10.0. The smallest absolute Gasteiger partial charge is 0.236 e. The first-order valence-electron chi connectivity index (χ1n) is 6.77. The van der Waals surface area contributed by atoms with Crippen molar-refractivity contribution in [2.24, 2.45) is 0 Å². The van der Waals surface area contributed by atoms with Gasteiger partial charge in [-0.15, -0.1) is 23.4 Å². The summed E-state index contributed by atoms with van der Waals surface area (Å²) in [6.07, 6.45) is 2.93. The van der Waals surface area contributed by atoms with Gasteiger partial charge < -0.3 is 5.32 Å². The third-order valence-corrected chi connectivity index (χ3v) is 6.08. The molecule has 1 aromatic rings. The van der Waals surface area contributed by atoms with Gasteiger partial charge in [0.2, 0.25) is 5.91 Å². The average Bonchev–Trinajstić information content (AvgIpc) is 2.96. The molecule has 1 N–H and O–H groups in total. The highest BCUT2D eigenvalue weighted by molar-refractivity contribution is 8.01. The molecule has 1 aliphatic carbocycles. The number of alkyl halides is 1. The number of amides is 1. The summed E-state index contributed by atoms with van der Waals surface area (Å²) in [7, 11) is 0. The van der Waals surface area contributed by atoms with Crippen LogP contribution in [-0.4, -0.2) is 21.8 Å². The lowest BCUT2D eigenvalue weighted by Crippen LogP contribution is -2.43. The monoisotopic (exact) mass is 295 g/mol. The molecule has 4 heteroatoms. The second kappa shape index (κ2) is 5.02. The van der Waals surface area contributed by atoms with Crippen molar-refractivity contribution in [2.75, 3.05) is 5.75 Å². The van der Waals surface area contributed by atoms with Crippen LogP contribution >= 0.6 is 23.4 Å². The molecular formula is C15H18ClNOS. The van der Waals surface area contributed by atoms with Crippen LogP contribution in [0.4, 0.5) is 0 Å². The Bertz CT molecular complexity index is 499. The first kappa shape index (κ1) is 13.3. The number of fused-ring (bicyclic) bond motifs is 1. The molecule has 1 saturated heterocycles. The number of halogens is 1. The third kappa shape index (κ3) is 2.38. The maximum Gasteiger partial charge on any atom is 0.236 e. The summed E-state index contributed by atoms with van der Waals surface area (Å²) in [6.45, 7) is 2.05. The summed E-state index contributed by atoms with van der Waals surface area (Å²) in [4.78, 5) is 12.5. The van der Waals surface area contributed by atoms with Crippen molar-refractivity contribution in [3.05, 3.63) is 35.4 Å². The summed E-state index contributed by atoms with van der Waals surface area (Å²) in [5, 5.41) is 3.14. The van der Waals surface area contributed by atoms with E-state index in [1.807, 2.05) is 19.1 Å². The van der Waals surface area contributed by atoms with Gasteiger partial charge in [-0.3, -0.25) is 4.79 Å². The number of carbonyl (C=O) groups is 1. The molecule has 3 atom stereocenters. The first-order chi connectivity index (χ1) is 9.10. The summed E-state index contributed by atoms with van der Waals surface area (Å²) in [5.41, 5.74) is 2.44. The van der Waals surface area contributed by atoms with E-state index in [1.165, 1.54) is 11.1 Å². The van der Waals surface area contributed by atoms with E-state index in [0.29, 0.717) is 0 Å². The van der Waals surface area contributed by atoms with E-state index < -0.39 is 0 Å². The molecule has 1 fully saturated rings. The lowest BCUT2D eigenvalue weighted by molar-refractivity contribution is -0.123. The second-order valence-corrected chi connectivity index (χ2v) is 7.71. The maximum absolute atomic E-state index is 12.5. The Kier molecular flexibility index (Phi) is 3.52. The van der Waals surface area contributed by atoms with Gasteiger partial charge in [-0.25, -0.2) is 0 Å². The van der Waals surface area contributed by atoms with Crippen molar-refractivity contribution < 1.29 is 4.79 Å². The average molecular weight is 296 g/mol. The van der Waals surface area contributed by atoms with E-state index in [1.54, 1.807) is 11.8 Å². The number of hydrogen-bond acceptors (Lipinski definition) is 2. The van der Waals surface area contributed by atoms with Gasteiger partial charge in [-0.05, 0) is 43.1 Å². The molecule has 0 saturated carbocycles. The van der Waals surface area contributed by atoms with Crippen LogP contribution < -0.4 is 5.32 Å². The predicted octanol–water partition coefficient (Wildman–Crippen LogP) is 3.29. The fourth-order valence-electron chi connectivity index (χ4n) is 2.97. The van der Waals surface area contributed by atoms with Gasteiger partial charge >= 0.3 is 0 Å². The molecular weight excluding hydrogens is 278 g/mol. The van der Waals surface area contributed by atoms with Gasteiger partial charge in [0.05, 0.1) is 16.2 Å². The predicted molar refractivity (Wildman–Crippen MR) is 80.8 cm³/mol. The fraction of sp³-hybridized carbons (Fsp3) is 0.533. The highest BCUT2D eigenvalue weighted by Crippen LogP contribution is 2.40. The normalized spacial score (nSPS) is 33.2. The van der Waals surface area contributed by atoms with E-state index in [0.717, 1.165) is 25.0 Å². The standard InChI is InChI=1S/C15H18ClNOS/c1-15(7-4-8-19-15)14(18)17-13-11-6-3-2-5-10(11)9-12(13)16/h2-3,5-6,12-13H,4,7-9H2,1H3,(H,17,18). The molecule has 19 heavy (non-hydrogen) atoms. The van der Waals surface area contributed by atoms with Crippen molar-refractivity contribution in [2.45, 2.75) is 42.4 Å². The summed E-state index contributed by atoms with van der Waals surface area (Å²) >= 11 is 8.18. The Morgan fingerprint density at radius 3 is 3.00 bits per heavy atom. The topological polar surface area (TPSA) is 29.1 Å². The largest absolute Gasteiger partial charge is 0.347 e. The molecule has 1 heterocycles. The molecule has 1 aromatic carbocycles. The molecule has 102 valence electrons. The molecule has 1 aliphatic heterocycles. The highest BCUT2D eigenvalue weighted by Gasteiger charge is 2.40. The Hall–Kier alpha value is -0.670. The van der Waals surface area contributed by atoms with Crippen molar-refractivity contribution in [3.8, 4) is 0 Å². The summed E-state index contributed by atoms with van der Waals surface area (Å²) < 4.78 is -0.270. The van der Waals surface area contributed by atoms with Gasteiger partial charge in [0, 0.05) is 0 Å². The zero-order chi connectivity index (χ0) is 13.5. The number of nitrogens with one attached hydrogen (secondary N) is 1. The van der Waals surface area contributed by atoms with E-state index in [-0.39, 0.29) is 22.1 Å². The van der Waals surface area contributed by atoms with Gasteiger partial charge in [-0.2, -0.15) is 0 Å². The Balaban J connectivity index is 1.78. The Morgan fingerprint density at radius 2 is 2.26 bits per heavy atom. The molecule has 0 radical (unpaired) electrons. The minimum absolute atomic E-state index is 0.0312. The van der Waals surface area contributed by atoms with Gasteiger partial charge in [-0.1, -0.05) is 24.3 Å². The summed E-state index contributed by atoms with van der Waals surface area (Å²) in [5.74, 6) is 1.22. The number of rotatable bonds is 2. The number of hydrogen-bond donors (Lipinski definition) is 1. The second-order valence-electron chi connectivity index (χ2n) is 5.55. The van der Waals surface area contributed by atoms with Crippen LogP contribution in [0.2, 0.25) is 0 Å². The molecule has 2 aliphatic rings. The van der Waals surface area contributed by atoms with Gasteiger partial charge in [0.25, 0.3) is 0 Å². The fourth-order valence-corrected chi connectivity index (χ4v) is 4.55. The SMILES string of the molecule is CC1(C(=O)NC2c3ccccc3CC2Cl)CCCS1. The molecule has 0 spiro atoms. The zero-order valence-corrected chi connectivity index (χ0v) is 12.6. The van der Waals surface area contributed by atoms with Crippen LogP contribution in [0.5, 0.6) is 0 Å². The van der Waals surface area contributed by atoms with Gasteiger partial charge in [0.15, 0.2) is 0 Å². The van der Waals surface area contributed by atoms with Crippen LogP contribution in [0, 0.1) is 0 Å². The van der Waals surface area contributed by atoms with Gasteiger partial charge in [0.1, 0.15) is 0 Å². The highest BCUT2D eigenvalue weighted by atomic mass is 35.5. The molecule has 3 unspecified atom stereocenters. The summed E-state index contributed by atoms with van der Waals surface area (Å²) in [6, 6.07) is 8.18. The van der Waals surface area contributed by atoms with Crippen LogP contribution in [-0.2, 0) is 11.2 Å². The van der Waals surface area contributed by atoms with E-state index >= 15 is 0 Å².